The van der Waals surface area contributed by atoms with Crippen LogP contribution in [0.25, 0.3) is 0 Å². The minimum atomic E-state index is 0.182. The van der Waals surface area contributed by atoms with Crippen molar-refractivity contribution in [1.29, 1.82) is 0 Å². The zero-order chi connectivity index (χ0) is 12.4. The molecule has 1 fully saturated rings. The van der Waals surface area contributed by atoms with E-state index in [0.717, 1.165) is 12.1 Å². The van der Waals surface area contributed by atoms with E-state index in [4.69, 9.17) is 0 Å². The zero-order valence-corrected chi connectivity index (χ0v) is 10.1. The highest BCUT2D eigenvalue weighted by Gasteiger charge is 2.32. The highest BCUT2D eigenvalue weighted by molar-refractivity contribution is 5.96. The number of rotatable bonds is 2. The van der Waals surface area contributed by atoms with Crippen LogP contribution in [-0.2, 0) is 4.79 Å². The van der Waals surface area contributed by atoms with Crippen LogP contribution in [0.3, 0.4) is 0 Å². The van der Waals surface area contributed by atoms with E-state index in [1.165, 1.54) is 5.56 Å². The van der Waals surface area contributed by atoms with Gasteiger partial charge < -0.3 is 4.90 Å². The molecule has 1 aliphatic rings. The Morgan fingerprint density at radius 2 is 1.50 bits per heavy atom. The predicted octanol–water partition coefficient (Wildman–Crippen LogP) is 3.55. The van der Waals surface area contributed by atoms with Crippen LogP contribution in [0.4, 0.5) is 5.69 Å². The van der Waals surface area contributed by atoms with E-state index in [1.54, 1.807) is 0 Å². The molecule has 1 saturated heterocycles. The number of hydrogen-bond acceptors (Lipinski definition) is 1. The summed E-state index contributed by atoms with van der Waals surface area (Å²) in [7, 11) is 0. The molecule has 0 aliphatic carbocycles. The normalized spacial score (nSPS) is 19.2. The van der Waals surface area contributed by atoms with Crippen LogP contribution < -0.4 is 4.90 Å². The minimum absolute atomic E-state index is 0.182. The lowest BCUT2D eigenvalue weighted by atomic mass is 10.0. The van der Waals surface area contributed by atoms with Gasteiger partial charge in [-0.3, -0.25) is 4.79 Å². The molecule has 2 aromatic rings. The largest absolute Gasteiger partial charge is 0.305 e. The Morgan fingerprint density at radius 3 is 2.17 bits per heavy atom. The molecule has 2 aromatic carbocycles. The summed E-state index contributed by atoms with van der Waals surface area (Å²) in [5.41, 5.74) is 2.21. The average Bonchev–Trinajstić information content (AvgIpc) is 2.83. The molecule has 0 bridgehead atoms. The van der Waals surface area contributed by atoms with E-state index in [0.29, 0.717) is 6.42 Å². The number of carbonyl (C=O) groups excluding carboxylic acids is 1. The molecule has 90 valence electrons. The van der Waals surface area contributed by atoms with Crippen LogP contribution in [0.2, 0.25) is 0 Å². The van der Waals surface area contributed by atoms with Crippen LogP contribution in [0, 0.1) is 0 Å². The van der Waals surface area contributed by atoms with Crippen molar-refractivity contribution < 1.29 is 4.79 Å². The molecule has 2 nitrogen and oxygen atoms in total. The first-order chi connectivity index (χ1) is 8.86. The van der Waals surface area contributed by atoms with Crippen molar-refractivity contribution in [3.63, 3.8) is 0 Å². The molecule has 0 radical (unpaired) electrons. The molecular weight excluding hydrogens is 222 g/mol. The first kappa shape index (κ1) is 11.0. The van der Waals surface area contributed by atoms with E-state index in [9.17, 15) is 4.79 Å². The monoisotopic (exact) mass is 237 g/mol. The number of para-hydroxylation sites is 1. The first-order valence-corrected chi connectivity index (χ1v) is 6.28. The molecule has 0 saturated carbocycles. The fourth-order valence-electron chi connectivity index (χ4n) is 2.59. The summed E-state index contributed by atoms with van der Waals surface area (Å²) >= 11 is 0. The molecule has 0 N–H and O–H groups in total. The lowest BCUT2D eigenvalue weighted by Crippen LogP contribution is -2.27. The van der Waals surface area contributed by atoms with Gasteiger partial charge in [0, 0.05) is 12.1 Å². The summed E-state index contributed by atoms with van der Waals surface area (Å²) in [5.74, 6) is 0.218. The summed E-state index contributed by atoms with van der Waals surface area (Å²) in [4.78, 5) is 14.0. The Bertz CT molecular complexity index is 536. The van der Waals surface area contributed by atoms with Crippen LogP contribution in [0.5, 0.6) is 0 Å². The quantitative estimate of drug-likeness (QED) is 0.782. The molecule has 0 spiro atoms. The van der Waals surface area contributed by atoms with Gasteiger partial charge in [0.15, 0.2) is 0 Å². The van der Waals surface area contributed by atoms with E-state index >= 15 is 0 Å². The summed E-state index contributed by atoms with van der Waals surface area (Å²) < 4.78 is 0. The van der Waals surface area contributed by atoms with E-state index < -0.39 is 0 Å². The molecule has 3 rings (SSSR count). The number of hydrogen-bond donors (Lipinski definition) is 0. The number of carbonyl (C=O) groups is 1. The predicted molar refractivity (Wildman–Crippen MR) is 72.3 cm³/mol. The maximum Gasteiger partial charge on any atom is 0.227 e. The van der Waals surface area contributed by atoms with Crippen LogP contribution >= 0.6 is 0 Å². The summed E-state index contributed by atoms with van der Waals surface area (Å²) in [6.45, 7) is 0. The SMILES string of the molecule is O=C1CC[C@@H](c2ccccc2)N1c1ccccc1. The maximum absolute atomic E-state index is 12.1. The van der Waals surface area contributed by atoms with Gasteiger partial charge in [0.1, 0.15) is 0 Å². The summed E-state index contributed by atoms with van der Waals surface area (Å²) in [5, 5.41) is 0. The van der Waals surface area contributed by atoms with Crippen LogP contribution in [0.15, 0.2) is 60.7 Å². The first-order valence-electron chi connectivity index (χ1n) is 6.28. The highest BCUT2D eigenvalue weighted by atomic mass is 16.2. The fraction of sp³-hybridized carbons (Fsp3) is 0.188. The summed E-state index contributed by atoms with van der Waals surface area (Å²) in [6.07, 6.45) is 1.53. The highest BCUT2D eigenvalue weighted by Crippen LogP contribution is 2.36. The molecule has 2 heteroatoms. The Hall–Kier alpha value is -2.09. The number of anilines is 1. The van der Waals surface area contributed by atoms with Gasteiger partial charge in [0.25, 0.3) is 0 Å². The lowest BCUT2D eigenvalue weighted by molar-refractivity contribution is -0.117. The van der Waals surface area contributed by atoms with E-state index in [2.05, 4.69) is 12.1 Å². The average molecular weight is 237 g/mol. The molecule has 1 amide bonds. The number of benzene rings is 2. The van der Waals surface area contributed by atoms with Gasteiger partial charge in [0.05, 0.1) is 6.04 Å². The van der Waals surface area contributed by atoms with Gasteiger partial charge in [-0.05, 0) is 24.1 Å². The third kappa shape index (κ3) is 1.90. The van der Waals surface area contributed by atoms with Gasteiger partial charge in [0.2, 0.25) is 5.91 Å². The second-order valence-electron chi connectivity index (χ2n) is 4.56. The Morgan fingerprint density at radius 1 is 0.889 bits per heavy atom. The van der Waals surface area contributed by atoms with Crippen molar-refractivity contribution in [1.82, 2.24) is 0 Å². The van der Waals surface area contributed by atoms with Gasteiger partial charge in [-0.1, -0.05) is 48.5 Å². The van der Waals surface area contributed by atoms with Gasteiger partial charge in [-0.15, -0.1) is 0 Å². The minimum Gasteiger partial charge on any atom is -0.305 e. The molecule has 0 unspecified atom stereocenters. The topological polar surface area (TPSA) is 20.3 Å². The van der Waals surface area contributed by atoms with Crippen molar-refractivity contribution in [2.45, 2.75) is 18.9 Å². The standard InChI is InChI=1S/C16H15NO/c18-16-12-11-15(13-7-3-1-4-8-13)17(16)14-9-5-2-6-10-14/h1-10,15H,11-12H2/t15-/m0/s1. The van der Waals surface area contributed by atoms with E-state index in [1.807, 2.05) is 53.4 Å². The van der Waals surface area contributed by atoms with Gasteiger partial charge in [-0.2, -0.15) is 0 Å². The third-order valence-electron chi connectivity index (χ3n) is 3.43. The van der Waals surface area contributed by atoms with Gasteiger partial charge in [-0.25, -0.2) is 0 Å². The molecule has 1 atom stereocenters. The third-order valence-corrected chi connectivity index (χ3v) is 3.43. The molecule has 1 heterocycles. The second kappa shape index (κ2) is 4.65. The number of nitrogens with zero attached hydrogens (tertiary/aromatic N) is 1. The second-order valence-corrected chi connectivity index (χ2v) is 4.56. The van der Waals surface area contributed by atoms with Crippen molar-refractivity contribution in [2.75, 3.05) is 4.90 Å². The van der Waals surface area contributed by atoms with Crippen LogP contribution in [-0.4, -0.2) is 5.91 Å². The smallest absolute Gasteiger partial charge is 0.227 e. The fourth-order valence-corrected chi connectivity index (χ4v) is 2.59. The number of amides is 1. The van der Waals surface area contributed by atoms with Crippen LogP contribution in [0.1, 0.15) is 24.4 Å². The lowest BCUT2D eigenvalue weighted by Gasteiger charge is -2.25. The zero-order valence-electron chi connectivity index (χ0n) is 10.1. The Balaban J connectivity index is 1.98. The molecule has 1 aliphatic heterocycles. The Kier molecular flexibility index (Phi) is 2.85. The van der Waals surface area contributed by atoms with Gasteiger partial charge >= 0.3 is 0 Å². The molecule has 18 heavy (non-hydrogen) atoms. The van der Waals surface area contributed by atoms with Crippen molar-refractivity contribution in [3.8, 4) is 0 Å². The van der Waals surface area contributed by atoms with Crippen molar-refractivity contribution in [2.24, 2.45) is 0 Å². The maximum atomic E-state index is 12.1. The molecular formula is C16H15NO. The summed E-state index contributed by atoms with van der Waals surface area (Å²) in [6, 6.07) is 20.4. The van der Waals surface area contributed by atoms with E-state index in [-0.39, 0.29) is 11.9 Å². The molecule has 0 aromatic heterocycles. The van der Waals surface area contributed by atoms with Crippen molar-refractivity contribution in [3.05, 3.63) is 66.2 Å². The Labute approximate surface area is 107 Å². The van der Waals surface area contributed by atoms with Crippen molar-refractivity contribution >= 4 is 11.6 Å².